The Morgan fingerprint density at radius 1 is 1.40 bits per heavy atom. The average Bonchev–Trinajstić information content (AvgIpc) is 3.12. The van der Waals surface area contributed by atoms with Crippen molar-refractivity contribution < 1.29 is 4.79 Å². The molecule has 0 saturated carbocycles. The van der Waals surface area contributed by atoms with Crippen LogP contribution in [-0.2, 0) is 18.4 Å². The number of rotatable bonds is 3. The highest BCUT2D eigenvalue weighted by Gasteiger charge is 2.27. The third kappa shape index (κ3) is 2.76. The molecule has 0 radical (unpaired) electrons. The lowest BCUT2D eigenvalue weighted by Gasteiger charge is -2.35. The van der Waals surface area contributed by atoms with Crippen molar-refractivity contribution in [3.05, 3.63) is 30.4 Å². The van der Waals surface area contributed by atoms with E-state index in [1.165, 1.54) is 0 Å². The van der Waals surface area contributed by atoms with Gasteiger partial charge in [-0.15, -0.1) is 0 Å². The van der Waals surface area contributed by atoms with E-state index in [9.17, 15) is 4.79 Å². The molecule has 1 aromatic heterocycles. The molecule has 3 rings (SSSR count). The molecule has 6 heteroatoms. The summed E-state index contributed by atoms with van der Waals surface area (Å²) in [7, 11) is 2.01. The number of aryl methyl sites for hydroxylation is 1. The Hall–Kier alpha value is -1.66. The summed E-state index contributed by atoms with van der Waals surface area (Å²) in [6.45, 7) is 5.08. The number of nitrogens with zero attached hydrogens (tertiary/aromatic N) is 4. The lowest BCUT2D eigenvalue weighted by Crippen LogP contribution is -2.52. The summed E-state index contributed by atoms with van der Waals surface area (Å²) in [6.07, 6.45) is 7.77. The topological polar surface area (TPSA) is 53.4 Å². The number of aromatic nitrogens is 2. The highest BCUT2D eigenvalue weighted by Crippen LogP contribution is 2.09. The fourth-order valence-corrected chi connectivity index (χ4v) is 2.71. The van der Waals surface area contributed by atoms with Crippen LogP contribution in [0.15, 0.2) is 24.5 Å². The van der Waals surface area contributed by atoms with Gasteiger partial charge in [-0.25, -0.2) is 4.98 Å². The SMILES string of the molecule is Cn1ccnc1CN1CCN(C(=O)[C@H]2C=CCN2)CC1. The van der Waals surface area contributed by atoms with Gasteiger partial charge in [0.05, 0.1) is 6.54 Å². The van der Waals surface area contributed by atoms with Crippen LogP contribution in [0.4, 0.5) is 0 Å². The van der Waals surface area contributed by atoms with E-state index in [4.69, 9.17) is 0 Å². The second-order valence-electron chi connectivity index (χ2n) is 5.37. The summed E-state index contributed by atoms with van der Waals surface area (Å²) in [5.74, 6) is 1.28. The number of piperazine rings is 1. The van der Waals surface area contributed by atoms with Crippen molar-refractivity contribution in [1.82, 2.24) is 24.7 Å². The molecule has 0 unspecified atom stereocenters. The van der Waals surface area contributed by atoms with E-state index in [1.54, 1.807) is 0 Å². The van der Waals surface area contributed by atoms with Crippen LogP contribution in [0.5, 0.6) is 0 Å². The quantitative estimate of drug-likeness (QED) is 0.762. The molecule has 1 aromatic rings. The van der Waals surface area contributed by atoms with Gasteiger partial charge >= 0.3 is 0 Å². The molecular formula is C14H21N5O. The van der Waals surface area contributed by atoms with Crippen LogP contribution in [0.25, 0.3) is 0 Å². The number of hydrogen-bond donors (Lipinski definition) is 1. The average molecular weight is 275 g/mol. The molecule has 0 aromatic carbocycles. The van der Waals surface area contributed by atoms with Crippen molar-refractivity contribution in [3.63, 3.8) is 0 Å². The maximum absolute atomic E-state index is 12.3. The largest absolute Gasteiger partial charge is 0.338 e. The molecule has 1 amide bonds. The van der Waals surface area contributed by atoms with Crippen LogP contribution in [0, 0.1) is 0 Å². The van der Waals surface area contributed by atoms with Crippen molar-refractivity contribution in [2.75, 3.05) is 32.7 Å². The number of carbonyl (C=O) groups excluding carboxylic acids is 1. The monoisotopic (exact) mass is 275 g/mol. The van der Waals surface area contributed by atoms with E-state index in [-0.39, 0.29) is 11.9 Å². The molecule has 3 heterocycles. The Morgan fingerprint density at radius 3 is 2.80 bits per heavy atom. The van der Waals surface area contributed by atoms with E-state index >= 15 is 0 Å². The highest BCUT2D eigenvalue weighted by molar-refractivity contribution is 5.84. The van der Waals surface area contributed by atoms with Gasteiger partial charge in [0.15, 0.2) is 0 Å². The summed E-state index contributed by atoms with van der Waals surface area (Å²) < 4.78 is 2.05. The van der Waals surface area contributed by atoms with E-state index in [0.29, 0.717) is 0 Å². The van der Waals surface area contributed by atoms with Crippen LogP contribution in [0.2, 0.25) is 0 Å². The predicted molar refractivity (Wildman–Crippen MR) is 76.0 cm³/mol. The Bertz CT molecular complexity index is 501. The first-order valence-corrected chi connectivity index (χ1v) is 7.11. The summed E-state index contributed by atoms with van der Waals surface area (Å²) in [5.41, 5.74) is 0. The van der Waals surface area contributed by atoms with Gasteiger partial charge in [-0.3, -0.25) is 15.0 Å². The lowest BCUT2D eigenvalue weighted by molar-refractivity contribution is -0.133. The van der Waals surface area contributed by atoms with Crippen LogP contribution >= 0.6 is 0 Å². The van der Waals surface area contributed by atoms with Crippen molar-refractivity contribution in [2.45, 2.75) is 12.6 Å². The molecule has 2 aliphatic heterocycles. The summed E-state index contributed by atoms with van der Waals surface area (Å²) in [5, 5.41) is 3.18. The molecule has 0 spiro atoms. The zero-order chi connectivity index (χ0) is 13.9. The van der Waals surface area contributed by atoms with Gasteiger partial charge in [0.25, 0.3) is 0 Å². The summed E-state index contributed by atoms with van der Waals surface area (Å²) in [4.78, 5) is 20.9. The molecule has 0 bridgehead atoms. The van der Waals surface area contributed by atoms with Gasteiger partial charge in [-0.1, -0.05) is 12.2 Å². The molecule has 1 N–H and O–H groups in total. The van der Waals surface area contributed by atoms with Gasteiger partial charge in [-0.2, -0.15) is 0 Å². The van der Waals surface area contributed by atoms with Crippen LogP contribution in [0.1, 0.15) is 5.82 Å². The zero-order valence-corrected chi connectivity index (χ0v) is 11.8. The van der Waals surface area contributed by atoms with Crippen LogP contribution < -0.4 is 5.32 Å². The Balaban J connectivity index is 1.50. The molecule has 0 aliphatic carbocycles. The molecule has 108 valence electrons. The molecule has 1 saturated heterocycles. The summed E-state index contributed by atoms with van der Waals surface area (Å²) in [6, 6.07) is -0.115. The molecule has 20 heavy (non-hydrogen) atoms. The zero-order valence-electron chi connectivity index (χ0n) is 11.8. The minimum Gasteiger partial charge on any atom is -0.338 e. The standard InChI is InChI=1S/C14H21N5O/c1-17-6-5-16-13(17)11-18-7-9-19(10-8-18)14(20)12-3-2-4-15-12/h2-3,5-6,12,15H,4,7-11H2,1H3/t12-/m1/s1. The van der Waals surface area contributed by atoms with E-state index in [1.807, 2.05) is 41.1 Å². The smallest absolute Gasteiger partial charge is 0.243 e. The minimum atomic E-state index is -0.115. The second-order valence-corrected chi connectivity index (χ2v) is 5.37. The molecule has 2 aliphatic rings. The van der Waals surface area contributed by atoms with Gasteiger partial charge in [0, 0.05) is 52.2 Å². The van der Waals surface area contributed by atoms with Gasteiger partial charge in [0.2, 0.25) is 5.91 Å². The normalized spacial score (nSPS) is 23.4. The number of carbonyl (C=O) groups is 1. The first-order chi connectivity index (χ1) is 9.74. The van der Waals surface area contributed by atoms with E-state index in [0.717, 1.165) is 45.1 Å². The predicted octanol–water partition coefficient (Wildman–Crippen LogP) is -0.408. The van der Waals surface area contributed by atoms with Crippen molar-refractivity contribution >= 4 is 5.91 Å². The maximum atomic E-state index is 12.3. The molecular weight excluding hydrogens is 254 g/mol. The molecule has 1 fully saturated rings. The van der Waals surface area contributed by atoms with Crippen molar-refractivity contribution in [2.24, 2.45) is 7.05 Å². The Kier molecular flexibility index (Phi) is 3.84. The number of hydrogen-bond acceptors (Lipinski definition) is 4. The molecule has 1 atom stereocenters. The van der Waals surface area contributed by atoms with E-state index in [2.05, 4.69) is 15.2 Å². The fourth-order valence-electron chi connectivity index (χ4n) is 2.71. The van der Waals surface area contributed by atoms with Crippen LogP contribution in [-0.4, -0.2) is 64.0 Å². The number of nitrogens with one attached hydrogen (secondary N) is 1. The Labute approximate surface area is 119 Å². The Morgan fingerprint density at radius 2 is 2.20 bits per heavy atom. The second kappa shape index (κ2) is 5.76. The lowest BCUT2D eigenvalue weighted by atomic mass is 10.2. The maximum Gasteiger partial charge on any atom is 0.243 e. The van der Waals surface area contributed by atoms with Crippen molar-refractivity contribution in [1.29, 1.82) is 0 Å². The highest BCUT2D eigenvalue weighted by atomic mass is 16.2. The van der Waals surface area contributed by atoms with Gasteiger partial charge < -0.3 is 9.47 Å². The van der Waals surface area contributed by atoms with E-state index < -0.39 is 0 Å². The number of imidazole rings is 1. The summed E-state index contributed by atoms with van der Waals surface area (Å²) >= 11 is 0. The molecule has 6 nitrogen and oxygen atoms in total. The fraction of sp³-hybridized carbons (Fsp3) is 0.571. The first kappa shape index (κ1) is 13.3. The third-order valence-corrected chi connectivity index (χ3v) is 4.02. The first-order valence-electron chi connectivity index (χ1n) is 7.11. The van der Waals surface area contributed by atoms with Gasteiger partial charge in [0.1, 0.15) is 11.9 Å². The minimum absolute atomic E-state index is 0.115. The van der Waals surface area contributed by atoms with Crippen LogP contribution in [0.3, 0.4) is 0 Å². The van der Waals surface area contributed by atoms with Gasteiger partial charge in [-0.05, 0) is 0 Å². The van der Waals surface area contributed by atoms with Crippen molar-refractivity contribution in [3.8, 4) is 0 Å². The number of amides is 1. The third-order valence-electron chi connectivity index (χ3n) is 4.02.